The molecule has 1 amide bonds. The summed E-state index contributed by atoms with van der Waals surface area (Å²) in [6.45, 7) is 4.26. The molecule has 124 valence electrons. The Labute approximate surface area is 142 Å². The molecule has 0 fully saturated rings. The normalized spacial score (nSPS) is 11.2. The number of fused-ring (bicyclic) bond motifs is 1. The van der Waals surface area contributed by atoms with E-state index in [0.29, 0.717) is 15.8 Å². The van der Waals surface area contributed by atoms with Crippen LogP contribution in [0.1, 0.15) is 40.3 Å². The zero-order chi connectivity index (χ0) is 17.3. The Morgan fingerprint density at radius 3 is 2.58 bits per heavy atom. The number of amides is 1. The van der Waals surface area contributed by atoms with Crippen LogP contribution in [0.15, 0.2) is 29.1 Å². The molecular formula is C16H17N5O2S. The first kappa shape index (κ1) is 16.3. The van der Waals surface area contributed by atoms with E-state index in [0.717, 1.165) is 5.01 Å². The van der Waals surface area contributed by atoms with Crippen molar-refractivity contribution in [2.75, 3.05) is 7.05 Å². The number of hydrogen-bond acceptors (Lipinski definition) is 6. The van der Waals surface area contributed by atoms with Crippen molar-refractivity contribution in [2.45, 2.75) is 26.3 Å². The van der Waals surface area contributed by atoms with Crippen molar-refractivity contribution in [3.05, 3.63) is 50.3 Å². The summed E-state index contributed by atoms with van der Waals surface area (Å²) in [6.07, 6.45) is 0. The fourth-order valence-corrected chi connectivity index (χ4v) is 3.15. The number of rotatable bonds is 4. The lowest BCUT2D eigenvalue weighted by molar-refractivity contribution is 0.0957. The van der Waals surface area contributed by atoms with E-state index in [9.17, 15) is 9.59 Å². The van der Waals surface area contributed by atoms with Gasteiger partial charge < -0.3 is 5.32 Å². The molecule has 0 aliphatic rings. The van der Waals surface area contributed by atoms with Crippen LogP contribution in [-0.4, -0.2) is 32.9 Å². The maximum absolute atomic E-state index is 12.7. The van der Waals surface area contributed by atoms with Gasteiger partial charge in [-0.25, -0.2) is 4.68 Å². The summed E-state index contributed by atoms with van der Waals surface area (Å²) in [5, 5.41) is 17.6. The van der Waals surface area contributed by atoms with Crippen molar-refractivity contribution >= 4 is 28.0 Å². The topological polar surface area (TPSA) is 89.8 Å². The molecule has 7 nitrogen and oxygen atoms in total. The molecule has 0 saturated heterocycles. The Bertz CT molecular complexity index is 961. The lowest BCUT2D eigenvalue weighted by Crippen LogP contribution is -2.29. The Kier molecular flexibility index (Phi) is 4.39. The molecule has 24 heavy (non-hydrogen) atoms. The highest BCUT2D eigenvalue weighted by Crippen LogP contribution is 2.19. The Hall–Kier alpha value is -2.61. The molecule has 0 spiro atoms. The summed E-state index contributed by atoms with van der Waals surface area (Å²) in [7, 11) is 1.54. The number of nitrogens with one attached hydrogen (secondary N) is 1. The minimum Gasteiger partial charge on any atom is -0.354 e. The number of carbonyl (C=O) groups excluding carboxylic acids is 1. The van der Waals surface area contributed by atoms with Gasteiger partial charge in [0.25, 0.3) is 11.5 Å². The van der Waals surface area contributed by atoms with Gasteiger partial charge in [-0.3, -0.25) is 9.59 Å². The van der Waals surface area contributed by atoms with Crippen molar-refractivity contribution in [1.82, 2.24) is 25.3 Å². The van der Waals surface area contributed by atoms with Crippen LogP contribution in [0.3, 0.4) is 0 Å². The molecule has 0 unspecified atom stereocenters. The van der Waals surface area contributed by atoms with Gasteiger partial charge in [0.1, 0.15) is 10.0 Å². The number of hydrogen-bond donors (Lipinski definition) is 1. The molecule has 0 atom stereocenters. The molecule has 2 aromatic heterocycles. The zero-order valence-corrected chi connectivity index (χ0v) is 14.4. The van der Waals surface area contributed by atoms with Crippen LogP contribution in [-0.2, 0) is 6.54 Å². The predicted octanol–water partition coefficient (Wildman–Crippen LogP) is 1.78. The Balaban J connectivity index is 2.11. The maximum atomic E-state index is 12.7. The molecule has 1 N–H and O–H groups in total. The summed E-state index contributed by atoms with van der Waals surface area (Å²) in [5.74, 6) is -0.0564. The van der Waals surface area contributed by atoms with Gasteiger partial charge in [-0.15, -0.1) is 10.2 Å². The molecule has 1 aromatic carbocycles. The van der Waals surface area contributed by atoms with E-state index < -0.39 is 0 Å². The first-order chi connectivity index (χ1) is 11.5. The fraction of sp³-hybridized carbons (Fsp3) is 0.312. The van der Waals surface area contributed by atoms with Crippen molar-refractivity contribution in [3.63, 3.8) is 0 Å². The van der Waals surface area contributed by atoms with Crippen LogP contribution < -0.4 is 10.9 Å². The molecule has 0 radical (unpaired) electrons. The first-order valence-electron chi connectivity index (χ1n) is 7.55. The second kappa shape index (κ2) is 6.48. The summed E-state index contributed by atoms with van der Waals surface area (Å²) in [5.41, 5.74) is -0.0270. The van der Waals surface area contributed by atoms with Crippen molar-refractivity contribution in [2.24, 2.45) is 0 Å². The SMILES string of the molecule is CNC(=O)c1nn(Cc2nnc(C(C)C)s2)c(=O)c2ccccc12. The number of benzene rings is 1. The summed E-state index contributed by atoms with van der Waals surface area (Å²) >= 11 is 1.45. The third-order valence-electron chi connectivity index (χ3n) is 3.57. The fourth-order valence-electron chi connectivity index (χ4n) is 2.32. The van der Waals surface area contributed by atoms with Gasteiger partial charge in [0, 0.05) is 18.4 Å². The highest BCUT2D eigenvalue weighted by atomic mass is 32.1. The number of aromatic nitrogens is 4. The molecular weight excluding hydrogens is 326 g/mol. The van der Waals surface area contributed by atoms with E-state index in [2.05, 4.69) is 20.6 Å². The molecule has 0 saturated carbocycles. The second-order valence-electron chi connectivity index (χ2n) is 5.62. The summed E-state index contributed by atoms with van der Waals surface area (Å²) in [6, 6.07) is 6.96. The van der Waals surface area contributed by atoms with Crippen LogP contribution >= 0.6 is 11.3 Å². The van der Waals surface area contributed by atoms with E-state index in [1.54, 1.807) is 24.3 Å². The van der Waals surface area contributed by atoms with E-state index >= 15 is 0 Å². The minimum atomic E-state index is -0.333. The molecule has 0 bridgehead atoms. The quantitative estimate of drug-likeness (QED) is 0.780. The monoisotopic (exact) mass is 343 g/mol. The van der Waals surface area contributed by atoms with Crippen LogP contribution in [0.5, 0.6) is 0 Å². The van der Waals surface area contributed by atoms with Gasteiger partial charge in [0.05, 0.1) is 11.9 Å². The van der Waals surface area contributed by atoms with E-state index in [-0.39, 0.29) is 29.6 Å². The van der Waals surface area contributed by atoms with E-state index in [4.69, 9.17) is 0 Å². The number of nitrogens with zero attached hydrogens (tertiary/aromatic N) is 4. The Morgan fingerprint density at radius 1 is 1.25 bits per heavy atom. The summed E-state index contributed by atoms with van der Waals surface area (Å²) in [4.78, 5) is 24.8. The first-order valence-corrected chi connectivity index (χ1v) is 8.37. The average molecular weight is 343 g/mol. The smallest absolute Gasteiger partial charge is 0.275 e. The highest BCUT2D eigenvalue weighted by molar-refractivity contribution is 7.11. The minimum absolute atomic E-state index is 0.193. The van der Waals surface area contributed by atoms with E-state index in [1.807, 2.05) is 13.8 Å². The highest BCUT2D eigenvalue weighted by Gasteiger charge is 2.17. The molecule has 0 aliphatic heterocycles. The van der Waals surface area contributed by atoms with Crippen molar-refractivity contribution < 1.29 is 4.79 Å². The van der Waals surface area contributed by atoms with Crippen LogP contribution in [0, 0.1) is 0 Å². The Morgan fingerprint density at radius 2 is 1.96 bits per heavy atom. The third kappa shape index (κ3) is 2.92. The largest absolute Gasteiger partial charge is 0.354 e. The van der Waals surface area contributed by atoms with Crippen molar-refractivity contribution in [3.8, 4) is 0 Å². The third-order valence-corrected chi connectivity index (χ3v) is 4.78. The van der Waals surface area contributed by atoms with Crippen LogP contribution in [0.2, 0.25) is 0 Å². The maximum Gasteiger partial charge on any atom is 0.275 e. The standard InChI is InChI=1S/C16H17N5O2S/c1-9(2)15-19-18-12(24-15)8-21-16(23)11-7-5-4-6-10(11)13(20-21)14(22)17-3/h4-7,9H,8H2,1-3H3,(H,17,22). The van der Waals surface area contributed by atoms with Gasteiger partial charge >= 0.3 is 0 Å². The lowest BCUT2D eigenvalue weighted by Gasteiger charge is -2.08. The van der Waals surface area contributed by atoms with Crippen LogP contribution in [0.25, 0.3) is 10.8 Å². The number of carbonyl (C=O) groups is 1. The van der Waals surface area contributed by atoms with Crippen molar-refractivity contribution in [1.29, 1.82) is 0 Å². The average Bonchev–Trinajstić information content (AvgIpc) is 3.05. The molecule has 3 aromatic rings. The molecule has 3 rings (SSSR count). The van der Waals surface area contributed by atoms with Gasteiger partial charge in [-0.05, 0) is 6.07 Å². The predicted molar refractivity (Wildman–Crippen MR) is 92.5 cm³/mol. The zero-order valence-electron chi connectivity index (χ0n) is 13.6. The molecule has 0 aliphatic carbocycles. The lowest BCUT2D eigenvalue weighted by atomic mass is 10.1. The van der Waals surface area contributed by atoms with E-state index in [1.165, 1.54) is 23.1 Å². The van der Waals surface area contributed by atoms with Gasteiger partial charge in [0.2, 0.25) is 0 Å². The second-order valence-corrected chi connectivity index (χ2v) is 6.72. The van der Waals surface area contributed by atoms with Gasteiger partial charge in [-0.1, -0.05) is 43.4 Å². The van der Waals surface area contributed by atoms with Gasteiger partial charge in [-0.2, -0.15) is 5.10 Å². The summed E-state index contributed by atoms with van der Waals surface area (Å²) < 4.78 is 1.28. The van der Waals surface area contributed by atoms with Gasteiger partial charge in [0.15, 0.2) is 5.69 Å². The molecule has 8 heteroatoms. The molecule has 2 heterocycles. The van der Waals surface area contributed by atoms with Crippen LogP contribution in [0.4, 0.5) is 0 Å².